The molecule has 2 aromatic carbocycles. The highest BCUT2D eigenvalue weighted by Crippen LogP contribution is 2.30. The van der Waals surface area contributed by atoms with Gasteiger partial charge in [-0.1, -0.05) is 30.3 Å². The molecule has 4 heteroatoms. The third-order valence-corrected chi connectivity index (χ3v) is 3.79. The molecular formula is C18H10N4. The molecule has 0 spiro atoms. The highest BCUT2D eigenvalue weighted by atomic mass is 14.9. The van der Waals surface area contributed by atoms with Gasteiger partial charge >= 0.3 is 0 Å². The van der Waals surface area contributed by atoms with Crippen LogP contribution in [-0.4, -0.2) is 4.57 Å². The minimum atomic E-state index is -0.166. The average molecular weight is 282 g/mol. The van der Waals surface area contributed by atoms with E-state index in [0.717, 1.165) is 21.8 Å². The first-order valence-corrected chi connectivity index (χ1v) is 6.63. The maximum atomic E-state index is 9.28. The Kier molecular flexibility index (Phi) is 3.11. The molecule has 3 aromatic rings. The van der Waals surface area contributed by atoms with Crippen molar-refractivity contribution in [3.8, 4) is 18.2 Å². The Morgan fingerprint density at radius 3 is 2.23 bits per heavy atom. The van der Waals surface area contributed by atoms with E-state index >= 15 is 0 Å². The summed E-state index contributed by atoms with van der Waals surface area (Å²) < 4.78 is 2.04. The van der Waals surface area contributed by atoms with Gasteiger partial charge in [-0.3, -0.25) is 0 Å². The minimum Gasteiger partial charge on any atom is -0.344 e. The second-order valence-corrected chi connectivity index (χ2v) is 4.89. The molecule has 0 bridgehead atoms. The molecule has 102 valence electrons. The summed E-state index contributed by atoms with van der Waals surface area (Å²) in [6.45, 7) is 0. The standard InChI is InChI=1S/C18H10N4/c1-22-17-5-3-2-4-14(17)15-7-6-12(8-18(15)22)16(11-21)13(9-19)10-20/h2-8H,1H3. The number of rotatable bonds is 1. The van der Waals surface area contributed by atoms with Gasteiger partial charge in [0.15, 0.2) is 0 Å². The van der Waals surface area contributed by atoms with Crippen LogP contribution in [0.5, 0.6) is 0 Å². The molecule has 0 radical (unpaired) electrons. The molecule has 0 atom stereocenters. The first kappa shape index (κ1) is 13.4. The van der Waals surface area contributed by atoms with Crippen molar-refractivity contribution in [1.29, 1.82) is 15.8 Å². The molecule has 1 aromatic heterocycles. The zero-order chi connectivity index (χ0) is 15.7. The summed E-state index contributed by atoms with van der Waals surface area (Å²) in [6.07, 6.45) is 0. The summed E-state index contributed by atoms with van der Waals surface area (Å²) in [5.41, 5.74) is 2.58. The van der Waals surface area contributed by atoms with Gasteiger partial charge in [-0.2, -0.15) is 15.8 Å². The van der Waals surface area contributed by atoms with Crippen molar-refractivity contribution in [2.45, 2.75) is 0 Å². The summed E-state index contributed by atoms with van der Waals surface area (Å²) >= 11 is 0. The van der Waals surface area contributed by atoms with Crippen LogP contribution >= 0.6 is 0 Å². The van der Waals surface area contributed by atoms with Crippen LogP contribution in [0, 0.1) is 34.0 Å². The lowest BCUT2D eigenvalue weighted by atomic mass is 10.0. The van der Waals surface area contributed by atoms with E-state index in [4.69, 9.17) is 10.5 Å². The van der Waals surface area contributed by atoms with E-state index in [1.165, 1.54) is 0 Å². The van der Waals surface area contributed by atoms with Crippen LogP contribution in [0.2, 0.25) is 0 Å². The van der Waals surface area contributed by atoms with Gasteiger partial charge in [0, 0.05) is 28.9 Å². The van der Waals surface area contributed by atoms with Crippen LogP contribution in [0.25, 0.3) is 27.4 Å². The van der Waals surface area contributed by atoms with E-state index in [0.29, 0.717) is 5.56 Å². The Labute approximate surface area is 127 Å². The smallest absolute Gasteiger partial charge is 0.148 e. The van der Waals surface area contributed by atoms with Gasteiger partial charge in [0.05, 0.1) is 5.57 Å². The van der Waals surface area contributed by atoms with Crippen molar-refractivity contribution >= 4 is 27.4 Å². The Bertz CT molecular complexity index is 1050. The molecule has 22 heavy (non-hydrogen) atoms. The molecule has 4 nitrogen and oxygen atoms in total. The van der Waals surface area contributed by atoms with Crippen LogP contribution in [0.1, 0.15) is 5.56 Å². The van der Waals surface area contributed by atoms with Crippen molar-refractivity contribution in [1.82, 2.24) is 4.57 Å². The van der Waals surface area contributed by atoms with Gasteiger partial charge in [-0.15, -0.1) is 0 Å². The Morgan fingerprint density at radius 1 is 0.864 bits per heavy atom. The molecule has 0 fully saturated rings. The minimum absolute atomic E-state index is 0.108. The third-order valence-electron chi connectivity index (χ3n) is 3.79. The molecule has 1 heterocycles. The quantitative estimate of drug-likeness (QED) is 0.639. The molecule has 0 amide bonds. The van der Waals surface area contributed by atoms with Gasteiger partial charge in [0.2, 0.25) is 0 Å². The maximum absolute atomic E-state index is 9.28. The summed E-state index contributed by atoms with van der Waals surface area (Å²) in [5, 5.41) is 29.5. The summed E-state index contributed by atoms with van der Waals surface area (Å²) in [7, 11) is 1.96. The number of benzene rings is 2. The van der Waals surface area contributed by atoms with E-state index in [9.17, 15) is 5.26 Å². The van der Waals surface area contributed by atoms with Gasteiger partial charge < -0.3 is 4.57 Å². The largest absolute Gasteiger partial charge is 0.344 e. The SMILES string of the molecule is Cn1c2ccccc2c2ccc(C(C#N)=C(C#N)C#N)cc21. The van der Waals surface area contributed by atoms with Crippen molar-refractivity contribution in [2.75, 3.05) is 0 Å². The highest BCUT2D eigenvalue weighted by molar-refractivity contribution is 6.09. The number of nitrogens with zero attached hydrogens (tertiary/aromatic N) is 4. The normalized spacial score (nSPS) is 9.91. The number of fused-ring (bicyclic) bond motifs is 3. The Morgan fingerprint density at radius 2 is 1.55 bits per heavy atom. The molecule has 0 unspecified atom stereocenters. The van der Waals surface area contributed by atoms with E-state index in [-0.39, 0.29) is 11.1 Å². The van der Waals surface area contributed by atoms with Crippen molar-refractivity contribution in [2.24, 2.45) is 7.05 Å². The lowest BCUT2D eigenvalue weighted by molar-refractivity contribution is 1.01. The fourth-order valence-electron chi connectivity index (χ4n) is 2.72. The van der Waals surface area contributed by atoms with E-state index in [1.54, 1.807) is 18.2 Å². The van der Waals surface area contributed by atoms with E-state index < -0.39 is 0 Å². The molecule has 0 saturated carbocycles. The molecule has 0 saturated heterocycles. The van der Waals surface area contributed by atoms with E-state index in [1.807, 2.05) is 54.1 Å². The van der Waals surface area contributed by atoms with Crippen LogP contribution in [-0.2, 0) is 7.05 Å². The predicted octanol–water partition coefficient (Wildman–Crippen LogP) is 3.66. The summed E-state index contributed by atoms with van der Waals surface area (Å²) in [5.74, 6) is 0. The fourth-order valence-corrected chi connectivity index (χ4v) is 2.72. The number of allylic oxidation sites excluding steroid dienone is 2. The number of hydrogen-bond donors (Lipinski definition) is 0. The van der Waals surface area contributed by atoms with Crippen molar-refractivity contribution in [3.63, 3.8) is 0 Å². The van der Waals surface area contributed by atoms with Crippen LogP contribution in [0.15, 0.2) is 48.0 Å². The lowest BCUT2D eigenvalue weighted by Gasteiger charge is -2.02. The maximum Gasteiger partial charge on any atom is 0.148 e. The number of aryl methyl sites for hydroxylation is 1. The van der Waals surface area contributed by atoms with Gasteiger partial charge in [-0.25, -0.2) is 0 Å². The van der Waals surface area contributed by atoms with Crippen molar-refractivity contribution < 1.29 is 0 Å². The predicted molar refractivity (Wildman–Crippen MR) is 84.2 cm³/mol. The van der Waals surface area contributed by atoms with Gasteiger partial charge in [0.25, 0.3) is 0 Å². The third kappa shape index (κ3) is 1.82. The van der Waals surface area contributed by atoms with Crippen LogP contribution in [0.4, 0.5) is 0 Å². The second kappa shape index (κ2) is 5.09. The lowest BCUT2D eigenvalue weighted by Crippen LogP contribution is -1.90. The summed E-state index contributed by atoms with van der Waals surface area (Å²) in [4.78, 5) is 0. The molecule has 0 aliphatic carbocycles. The van der Waals surface area contributed by atoms with Crippen LogP contribution < -0.4 is 0 Å². The topological polar surface area (TPSA) is 76.3 Å². The molecule has 0 N–H and O–H groups in total. The monoisotopic (exact) mass is 282 g/mol. The number of aromatic nitrogens is 1. The Hall–Kier alpha value is -3.55. The summed E-state index contributed by atoms with van der Waals surface area (Å²) in [6, 6.07) is 19.1. The highest BCUT2D eigenvalue weighted by Gasteiger charge is 2.12. The molecule has 0 aliphatic rings. The molecule has 0 aliphatic heterocycles. The number of hydrogen-bond acceptors (Lipinski definition) is 3. The van der Waals surface area contributed by atoms with Crippen LogP contribution in [0.3, 0.4) is 0 Å². The first-order valence-electron chi connectivity index (χ1n) is 6.63. The van der Waals surface area contributed by atoms with Gasteiger partial charge in [-0.05, 0) is 17.7 Å². The number of para-hydroxylation sites is 1. The molecular weight excluding hydrogens is 272 g/mol. The number of nitriles is 3. The molecule has 3 rings (SSSR count). The average Bonchev–Trinajstić information content (AvgIpc) is 2.85. The Balaban J connectivity index is 2.38. The fraction of sp³-hybridized carbons (Fsp3) is 0.0556. The first-order chi connectivity index (χ1) is 10.7. The van der Waals surface area contributed by atoms with E-state index in [2.05, 4.69) is 0 Å². The zero-order valence-electron chi connectivity index (χ0n) is 11.8. The zero-order valence-corrected chi connectivity index (χ0v) is 11.8. The van der Waals surface area contributed by atoms with Gasteiger partial charge in [0.1, 0.15) is 23.8 Å². The van der Waals surface area contributed by atoms with Crippen molar-refractivity contribution in [3.05, 3.63) is 53.6 Å². The second-order valence-electron chi connectivity index (χ2n) is 4.89.